The van der Waals surface area contributed by atoms with Crippen LogP contribution in [0.25, 0.3) is 5.65 Å². The molecule has 0 spiro atoms. The zero-order chi connectivity index (χ0) is 16.5. The summed E-state index contributed by atoms with van der Waals surface area (Å²) in [6.07, 6.45) is 4.79. The molecular weight excluding hydrogens is 326 g/mol. The molecule has 0 atom stereocenters. The van der Waals surface area contributed by atoms with Gasteiger partial charge in [-0.1, -0.05) is 6.07 Å². The molecule has 1 saturated heterocycles. The highest BCUT2D eigenvalue weighted by Crippen LogP contribution is 2.19. The molecule has 0 unspecified atom stereocenters. The summed E-state index contributed by atoms with van der Waals surface area (Å²) in [5.74, 6) is -0.260. The second kappa shape index (κ2) is 6.04. The molecule has 7 nitrogen and oxygen atoms in total. The third kappa shape index (κ3) is 2.54. The van der Waals surface area contributed by atoms with Crippen LogP contribution in [0, 0.1) is 0 Å². The molecule has 0 saturated carbocycles. The zero-order valence-corrected chi connectivity index (χ0v) is 13.6. The zero-order valence-electron chi connectivity index (χ0n) is 12.8. The van der Waals surface area contributed by atoms with E-state index in [1.165, 1.54) is 10.6 Å². The minimum Gasteiger partial charge on any atom is -0.345 e. The molecule has 122 valence electrons. The molecule has 8 heteroatoms. The third-order valence-corrected chi connectivity index (χ3v) is 4.93. The van der Waals surface area contributed by atoms with Crippen LogP contribution in [0.4, 0.5) is 5.13 Å². The number of nitrogens with zero attached hydrogens (tertiary/aromatic N) is 5. The fraction of sp³-hybridized carbons (Fsp3) is 0.250. The SMILES string of the molecule is O=C(c1cnc2ccccn2c1=O)N1CCN(c2nccs2)CC1. The molecule has 1 aliphatic heterocycles. The highest BCUT2D eigenvalue weighted by Gasteiger charge is 2.25. The number of rotatable bonds is 2. The van der Waals surface area contributed by atoms with Crippen molar-refractivity contribution in [3.8, 4) is 0 Å². The van der Waals surface area contributed by atoms with Gasteiger partial charge in [0.1, 0.15) is 11.2 Å². The number of piperazine rings is 1. The van der Waals surface area contributed by atoms with Gasteiger partial charge in [-0.2, -0.15) is 0 Å². The summed E-state index contributed by atoms with van der Waals surface area (Å²) >= 11 is 1.59. The van der Waals surface area contributed by atoms with Crippen molar-refractivity contribution in [3.05, 3.63) is 58.1 Å². The molecule has 4 rings (SSSR count). The predicted octanol–water partition coefficient (Wildman–Crippen LogP) is 1.11. The maximum absolute atomic E-state index is 12.7. The van der Waals surface area contributed by atoms with Crippen molar-refractivity contribution in [2.24, 2.45) is 0 Å². The van der Waals surface area contributed by atoms with Crippen molar-refractivity contribution >= 4 is 28.0 Å². The van der Waals surface area contributed by atoms with Crippen LogP contribution in [0.2, 0.25) is 0 Å². The van der Waals surface area contributed by atoms with Crippen molar-refractivity contribution < 1.29 is 4.79 Å². The Balaban J connectivity index is 1.55. The summed E-state index contributed by atoms with van der Waals surface area (Å²) in [5, 5.41) is 2.91. The number of fused-ring (bicyclic) bond motifs is 1. The van der Waals surface area contributed by atoms with Crippen LogP contribution in [-0.2, 0) is 0 Å². The van der Waals surface area contributed by atoms with E-state index >= 15 is 0 Å². The Morgan fingerprint density at radius 3 is 2.71 bits per heavy atom. The fourth-order valence-electron chi connectivity index (χ4n) is 2.82. The Bertz CT molecular complexity index is 929. The molecular formula is C16H15N5O2S. The minimum atomic E-state index is -0.326. The van der Waals surface area contributed by atoms with Crippen LogP contribution in [0.1, 0.15) is 10.4 Å². The summed E-state index contributed by atoms with van der Waals surface area (Å²) in [5.41, 5.74) is 0.321. The number of anilines is 1. The molecule has 0 N–H and O–H groups in total. The van der Waals surface area contributed by atoms with Crippen molar-refractivity contribution in [1.29, 1.82) is 0 Å². The number of thiazole rings is 1. The standard InChI is InChI=1S/C16H15N5O2S/c22-14(12-11-18-13-3-1-2-5-21(13)15(12)23)19-6-8-20(9-7-19)16-17-4-10-24-16/h1-5,10-11H,6-9H2. The lowest BCUT2D eigenvalue weighted by Crippen LogP contribution is -2.49. The van der Waals surface area contributed by atoms with E-state index in [-0.39, 0.29) is 17.0 Å². The second-order valence-corrected chi connectivity index (χ2v) is 6.37. The van der Waals surface area contributed by atoms with Crippen LogP contribution >= 0.6 is 11.3 Å². The molecule has 0 aliphatic carbocycles. The number of carbonyl (C=O) groups excluding carboxylic acids is 1. The number of aromatic nitrogens is 3. The molecule has 0 aromatic carbocycles. The van der Waals surface area contributed by atoms with Gasteiger partial charge in [-0.3, -0.25) is 14.0 Å². The van der Waals surface area contributed by atoms with Crippen LogP contribution in [-0.4, -0.2) is 51.4 Å². The fourth-order valence-corrected chi connectivity index (χ4v) is 3.51. The summed E-state index contributed by atoms with van der Waals surface area (Å²) in [6, 6.07) is 5.29. The Hall–Kier alpha value is -2.74. The topological polar surface area (TPSA) is 70.8 Å². The number of pyridine rings is 1. The van der Waals surface area contributed by atoms with Crippen LogP contribution in [0.3, 0.4) is 0 Å². The van der Waals surface area contributed by atoms with E-state index in [1.807, 2.05) is 5.38 Å². The highest BCUT2D eigenvalue weighted by atomic mass is 32.1. The second-order valence-electron chi connectivity index (χ2n) is 5.50. The summed E-state index contributed by atoms with van der Waals surface area (Å²) in [4.78, 5) is 37.6. The quantitative estimate of drug-likeness (QED) is 0.698. The van der Waals surface area contributed by atoms with E-state index in [4.69, 9.17) is 0 Å². The Morgan fingerprint density at radius 1 is 1.12 bits per heavy atom. The maximum atomic E-state index is 12.7. The van der Waals surface area contributed by atoms with Gasteiger partial charge < -0.3 is 9.80 Å². The van der Waals surface area contributed by atoms with E-state index in [9.17, 15) is 9.59 Å². The monoisotopic (exact) mass is 341 g/mol. The van der Waals surface area contributed by atoms with Gasteiger partial charge in [0.05, 0.1) is 0 Å². The van der Waals surface area contributed by atoms with Gasteiger partial charge in [-0.15, -0.1) is 11.3 Å². The number of hydrogen-bond donors (Lipinski definition) is 0. The predicted molar refractivity (Wildman–Crippen MR) is 91.7 cm³/mol. The number of carbonyl (C=O) groups is 1. The van der Waals surface area contributed by atoms with Gasteiger partial charge in [-0.25, -0.2) is 9.97 Å². The number of hydrogen-bond acceptors (Lipinski definition) is 6. The van der Waals surface area contributed by atoms with Crippen molar-refractivity contribution in [2.45, 2.75) is 0 Å². The van der Waals surface area contributed by atoms with E-state index in [0.29, 0.717) is 31.8 Å². The third-order valence-electron chi connectivity index (χ3n) is 4.10. The Morgan fingerprint density at radius 2 is 1.96 bits per heavy atom. The van der Waals surface area contributed by atoms with Gasteiger partial charge in [-0.05, 0) is 12.1 Å². The molecule has 3 aromatic rings. The van der Waals surface area contributed by atoms with E-state index in [2.05, 4.69) is 14.9 Å². The normalized spacial score (nSPS) is 15.0. The van der Waals surface area contributed by atoms with Gasteiger partial charge >= 0.3 is 0 Å². The summed E-state index contributed by atoms with van der Waals surface area (Å²) in [6.45, 7) is 2.55. The molecule has 3 aromatic heterocycles. The first-order chi connectivity index (χ1) is 11.7. The largest absolute Gasteiger partial charge is 0.345 e. The van der Waals surface area contributed by atoms with Gasteiger partial charge in [0, 0.05) is 50.1 Å². The smallest absolute Gasteiger partial charge is 0.270 e. The lowest BCUT2D eigenvalue weighted by Gasteiger charge is -2.34. The van der Waals surface area contributed by atoms with Crippen LogP contribution in [0.5, 0.6) is 0 Å². The Labute approximate surface area is 141 Å². The molecule has 1 fully saturated rings. The first-order valence-corrected chi connectivity index (χ1v) is 8.52. The minimum absolute atomic E-state index is 0.112. The molecule has 4 heterocycles. The molecule has 1 aliphatic rings. The number of amides is 1. The summed E-state index contributed by atoms with van der Waals surface area (Å²) in [7, 11) is 0. The first kappa shape index (κ1) is 14.8. The van der Waals surface area contributed by atoms with Crippen molar-refractivity contribution in [3.63, 3.8) is 0 Å². The van der Waals surface area contributed by atoms with E-state index in [0.717, 1.165) is 5.13 Å². The average molecular weight is 341 g/mol. The molecule has 24 heavy (non-hydrogen) atoms. The van der Waals surface area contributed by atoms with Gasteiger partial charge in [0.15, 0.2) is 5.13 Å². The van der Waals surface area contributed by atoms with Crippen molar-refractivity contribution in [1.82, 2.24) is 19.3 Å². The first-order valence-electron chi connectivity index (χ1n) is 7.64. The lowest BCUT2D eigenvalue weighted by molar-refractivity contribution is 0.0744. The summed E-state index contributed by atoms with van der Waals surface area (Å²) < 4.78 is 1.40. The van der Waals surface area contributed by atoms with Crippen molar-refractivity contribution in [2.75, 3.05) is 31.1 Å². The Kier molecular flexibility index (Phi) is 3.73. The van der Waals surface area contributed by atoms with Gasteiger partial charge in [0.25, 0.3) is 11.5 Å². The lowest BCUT2D eigenvalue weighted by atomic mass is 10.2. The average Bonchev–Trinajstić information content (AvgIpc) is 3.17. The molecule has 1 amide bonds. The molecule has 0 bridgehead atoms. The van der Waals surface area contributed by atoms with E-state index < -0.39 is 0 Å². The molecule has 0 radical (unpaired) electrons. The van der Waals surface area contributed by atoms with Crippen LogP contribution < -0.4 is 10.5 Å². The van der Waals surface area contributed by atoms with E-state index in [1.54, 1.807) is 46.8 Å². The maximum Gasteiger partial charge on any atom is 0.270 e. The van der Waals surface area contributed by atoms with Crippen LogP contribution in [0.15, 0.2) is 47.0 Å². The van der Waals surface area contributed by atoms with Gasteiger partial charge in [0.2, 0.25) is 0 Å². The highest BCUT2D eigenvalue weighted by molar-refractivity contribution is 7.13.